The molecule has 0 saturated carbocycles. The van der Waals surface area contributed by atoms with Crippen molar-refractivity contribution in [3.8, 4) is 22.3 Å². The van der Waals surface area contributed by atoms with Gasteiger partial charge >= 0.3 is 6.18 Å². The third-order valence-corrected chi connectivity index (χ3v) is 41.2. The Hall–Kier alpha value is -10.9. The lowest BCUT2D eigenvalue weighted by Gasteiger charge is -2.48. The molecule has 0 bridgehead atoms. The number of fused-ring (bicyclic) bond motifs is 16. The fourth-order valence-electron chi connectivity index (χ4n) is 27.0. The van der Waals surface area contributed by atoms with Crippen LogP contribution in [0.15, 0.2) is 215 Å². The number of anilines is 12. The highest BCUT2D eigenvalue weighted by molar-refractivity contribution is 7.01. The van der Waals surface area contributed by atoms with Gasteiger partial charge in [0.1, 0.15) is 11.2 Å². The lowest BCUT2D eigenvalue weighted by atomic mass is 9.35. The molecule has 12 heteroatoms. The lowest BCUT2D eigenvalue weighted by molar-refractivity contribution is -0.137. The number of rotatable bonds is 10. The maximum Gasteiger partial charge on any atom is 0.416 e. The minimum absolute atomic E-state index is 0.0301. The number of hydrogen-bond donors (Lipinski definition) is 0. The fraction of sp³-hybridized carbons (Fsp3) is 0.441. The first kappa shape index (κ1) is 102. The molecular formula is C136H159B2F3N4O2Si. The first-order valence-corrected chi connectivity index (χ1v) is 58.7. The molecule has 148 heavy (non-hydrogen) atoms. The average molecular weight is 1990 g/mol. The quantitative estimate of drug-likeness (QED) is 0.127. The van der Waals surface area contributed by atoms with Crippen molar-refractivity contribution in [1.82, 2.24) is 0 Å². The van der Waals surface area contributed by atoms with Gasteiger partial charge in [-0.05, 0) is 366 Å². The molecule has 0 fully saturated rings. The van der Waals surface area contributed by atoms with E-state index in [-0.39, 0.29) is 89.2 Å². The Balaban J connectivity index is 0.716. The topological polar surface area (TPSA) is 39.2 Å². The van der Waals surface area contributed by atoms with E-state index in [2.05, 4.69) is 443 Å². The smallest absolute Gasteiger partial charge is 0.416 e. The van der Waals surface area contributed by atoms with Crippen molar-refractivity contribution in [2.45, 2.75) is 387 Å². The maximum absolute atomic E-state index is 15.0. The van der Waals surface area contributed by atoms with Gasteiger partial charge in [-0.25, -0.2) is 0 Å². The van der Waals surface area contributed by atoms with Crippen molar-refractivity contribution >= 4 is 150 Å². The van der Waals surface area contributed by atoms with Crippen LogP contribution in [0.2, 0.25) is 19.1 Å². The number of halogens is 3. The van der Waals surface area contributed by atoms with Crippen LogP contribution in [-0.2, 0) is 82.0 Å². The van der Waals surface area contributed by atoms with Gasteiger partial charge in [-0.2, -0.15) is 13.2 Å². The molecule has 0 N–H and O–H groups in total. The predicted octanol–water partition coefficient (Wildman–Crippen LogP) is 34.9. The van der Waals surface area contributed by atoms with Gasteiger partial charge in [0.25, 0.3) is 13.4 Å². The average Bonchev–Trinajstić information content (AvgIpc) is 1.14. The van der Waals surface area contributed by atoms with Gasteiger partial charge < -0.3 is 28.4 Å². The molecule has 766 valence electrons. The zero-order valence-electron chi connectivity index (χ0n) is 95.6. The summed E-state index contributed by atoms with van der Waals surface area (Å²) in [6.07, 6.45) is 5.00. The van der Waals surface area contributed by atoms with Gasteiger partial charge in [0, 0.05) is 67.4 Å². The maximum atomic E-state index is 15.0. The zero-order valence-corrected chi connectivity index (χ0v) is 96.6. The zero-order chi connectivity index (χ0) is 106. The van der Waals surface area contributed by atoms with Crippen LogP contribution in [0.5, 0.6) is 0 Å². The van der Waals surface area contributed by atoms with Crippen LogP contribution in [0.25, 0.3) is 44.2 Å². The van der Waals surface area contributed by atoms with Gasteiger partial charge in [-0.15, -0.1) is 0 Å². The Bertz CT molecular complexity index is 7840. The second kappa shape index (κ2) is 32.8. The van der Waals surface area contributed by atoms with Crippen molar-refractivity contribution in [2.24, 2.45) is 0 Å². The van der Waals surface area contributed by atoms with Crippen molar-refractivity contribution in [2.75, 3.05) is 19.6 Å². The molecule has 6 heterocycles. The Labute approximate surface area is 884 Å². The molecule has 8 aliphatic rings. The Morgan fingerprint density at radius 2 is 0.574 bits per heavy atom. The van der Waals surface area contributed by atoms with Gasteiger partial charge in [-0.3, -0.25) is 0 Å². The molecule has 12 aromatic carbocycles. The number of furan rings is 2. The van der Waals surface area contributed by atoms with Crippen molar-refractivity contribution < 1.29 is 22.0 Å². The van der Waals surface area contributed by atoms with Crippen molar-refractivity contribution in [3.63, 3.8) is 0 Å². The van der Waals surface area contributed by atoms with E-state index in [0.717, 1.165) is 165 Å². The number of alkyl halides is 3. The first-order chi connectivity index (χ1) is 68.5. The molecule has 1 atom stereocenters. The summed E-state index contributed by atoms with van der Waals surface area (Å²) in [5.41, 5.74) is 41.7. The van der Waals surface area contributed by atoms with E-state index in [1.54, 1.807) is 12.1 Å². The fourth-order valence-corrected chi connectivity index (χ4v) is 29.6. The molecule has 14 aromatic rings. The predicted molar refractivity (Wildman–Crippen MR) is 631 cm³/mol. The molecule has 22 rings (SSSR count). The summed E-state index contributed by atoms with van der Waals surface area (Å²) >= 11 is 0. The molecule has 0 amide bonds. The number of nitrogens with zero attached hydrogens (tertiary/aromatic N) is 4. The van der Waals surface area contributed by atoms with Crippen LogP contribution in [0.1, 0.15) is 370 Å². The Kier molecular flexibility index (Phi) is 22.5. The highest BCUT2D eigenvalue weighted by Crippen LogP contribution is 2.61. The molecule has 4 aliphatic heterocycles. The van der Waals surface area contributed by atoms with Crippen LogP contribution in [0.3, 0.4) is 0 Å². The standard InChI is InChI=1S/C136H159B2F3N4O2Si/c1-122(2,3)82-42-48-89(49-43-82)142-110-68-87(126(13,14)15)70-112-116(110)137(120-118(142)94-72-96-101(78-114(94)146-120)132(27,28)60-56-128(96,19)20)104-74-98-99(131(25,26)59-58-130(98,23)24)76-108(104)144(112)107-55-47-86(125(10,11)12)67-93(107)81-38-52-91(53-39-81)148(34,35)65-64-135(33)63-62-134(31,32)100-77-109-105(75-103(100)135)138-117-111(69-88(127(16,17)18)71-113(117)145(109)106-54-46-85(124(7,8)9)66-92(106)80-36-40-84(41-37-80)136(139,140)141)143(90-50-44-83(45-51-90)123(4,5)6)119-95-73-97-102(79-115(95)147-121(119)138)133(29,30)61-57-129(97,21)22/h36-55,66-79H,56-65H2,1-35H3. The van der Waals surface area contributed by atoms with E-state index in [4.69, 9.17) is 8.83 Å². The minimum atomic E-state index is -4.52. The third kappa shape index (κ3) is 16.3. The van der Waals surface area contributed by atoms with Gasteiger partial charge in [0.2, 0.25) is 0 Å². The molecule has 4 aliphatic carbocycles. The van der Waals surface area contributed by atoms with Gasteiger partial charge in [-0.1, -0.05) is 338 Å². The largest absolute Gasteiger partial charge is 0.468 e. The summed E-state index contributed by atoms with van der Waals surface area (Å²) in [6, 6.07) is 81.0. The molecular weight excluding hydrogens is 1830 g/mol. The molecule has 1 unspecified atom stereocenters. The van der Waals surface area contributed by atoms with Crippen molar-refractivity contribution in [1.29, 1.82) is 0 Å². The van der Waals surface area contributed by atoms with E-state index in [1.165, 1.54) is 140 Å². The second-order valence-corrected chi connectivity index (χ2v) is 63.1. The molecule has 6 nitrogen and oxygen atoms in total. The van der Waals surface area contributed by atoms with Crippen LogP contribution in [-0.4, -0.2) is 21.5 Å². The Morgan fingerprint density at radius 1 is 0.284 bits per heavy atom. The highest BCUT2D eigenvalue weighted by atomic mass is 28.3. The summed E-state index contributed by atoms with van der Waals surface area (Å²) in [7, 11) is -2.37. The summed E-state index contributed by atoms with van der Waals surface area (Å²) < 4.78 is 60.9. The van der Waals surface area contributed by atoms with Crippen LogP contribution in [0.4, 0.5) is 81.4 Å². The van der Waals surface area contributed by atoms with E-state index in [0.29, 0.717) is 0 Å². The first-order valence-electron chi connectivity index (χ1n) is 55.5. The van der Waals surface area contributed by atoms with E-state index in [1.807, 2.05) is 0 Å². The van der Waals surface area contributed by atoms with E-state index >= 15 is 0 Å². The van der Waals surface area contributed by atoms with Gasteiger partial charge in [0.15, 0.2) is 0 Å². The van der Waals surface area contributed by atoms with Crippen molar-refractivity contribution in [3.05, 3.63) is 290 Å². The summed E-state index contributed by atoms with van der Waals surface area (Å²) in [5, 5.41) is 3.73. The summed E-state index contributed by atoms with van der Waals surface area (Å²) in [6.45, 7) is 83.6. The number of hydrogen-bond acceptors (Lipinski definition) is 6. The molecule has 0 saturated heterocycles. The summed E-state index contributed by atoms with van der Waals surface area (Å²) in [4.78, 5) is 10.5. The van der Waals surface area contributed by atoms with Crippen LogP contribution >= 0.6 is 0 Å². The van der Waals surface area contributed by atoms with Gasteiger partial charge in [0.05, 0.1) is 47.7 Å². The second-order valence-electron chi connectivity index (χ2n) is 58.2. The lowest BCUT2D eigenvalue weighted by Crippen LogP contribution is -2.61. The number of benzene rings is 12. The van der Waals surface area contributed by atoms with Crippen LogP contribution in [0, 0.1) is 0 Å². The van der Waals surface area contributed by atoms with E-state index in [9.17, 15) is 13.2 Å². The summed E-state index contributed by atoms with van der Waals surface area (Å²) in [5.74, 6) is 0. The molecule has 2 aromatic heterocycles. The van der Waals surface area contributed by atoms with Crippen LogP contribution < -0.4 is 58.0 Å². The third-order valence-electron chi connectivity index (χ3n) is 37.8. The monoisotopic (exact) mass is 1990 g/mol. The molecule has 0 spiro atoms. The SMILES string of the molecule is CC(C)(C)c1ccc(N2c3cc(C(C)(C)C)cc4c3B(c3cc5c(cc3N4c3ccc(C(C)(C)C)cc3-c3ccc([Si](C)(C)CCC4(C)CCC(C)(C)c6cc7c(cc64)B4c6oc8cc9c(cc8c6N(c6ccc(C(C)(C)C)cc6)c6cc(C(C)(C)C)cc(c64)N7c4ccc(C(C)(C)C)cc4-c4ccc(C(F)(F)F)cc4)C(C)(C)CCC9(C)C)cc3)C(C)(C)CCC5(C)C)c3oc4cc5c(cc4c32)C(C)(C)CCC5(C)C)cc1. The molecule has 0 radical (unpaired) electrons. The minimum Gasteiger partial charge on any atom is -0.468 e. The highest BCUT2D eigenvalue weighted by Gasteiger charge is 2.56. The Morgan fingerprint density at radius 3 is 0.919 bits per heavy atom. The van der Waals surface area contributed by atoms with E-state index < -0.39 is 19.8 Å². The normalized spacial score (nSPS) is 19.2.